The molecular formula is C14H20N4O2S. The van der Waals surface area contributed by atoms with E-state index in [1.54, 1.807) is 37.0 Å². The van der Waals surface area contributed by atoms with E-state index in [-0.39, 0.29) is 11.4 Å². The topological polar surface area (TPSA) is 90.0 Å². The Morgan fingerprint density at radius 2 is 2.00 bits per heavy atom. The van der Waals surface area contributed by atoms with Gasteiger partial charge in [0.2, 0.25) is 10.0 Å². The summed E-state index contributed by atoms with van der Waals surface area (Å²) < 4.78 is 29.1. The minimum absolute atomic E-state index is 0.217. The number of nitrogens with two attached hydrogens (primary N) is 1. The second-order valence-electron chi connectivity index (χ2n) is 4.98. The molecule has 0 unspecified atom stereocenters. The molecule has 7 heteroatoms. The molecule has 0 bridgehead atoms. The highest BCUT2D eigenvalue weighted by Crippen LogP contribution is 2.19. The van der Waals surface area contributed by atoms with Crippen LogP contribution >= 0.6 is 0 Å². The first-order valence-electron chi connectivity index (χ1n) is 6.62. The molecule has 0 aliphatic heterocycles. The summed E-state index contributed by atoms with van der Waals surface area (Å²) in [7, 11) is -1.77. The van der Waals surface area contributed by atoms with Crippen LogP contribution in [0.25, 0.3) is 0 Å². The first-order valence-corrected chi connectivity index (χ1v) is 8.11. The van der Waals surface area contributed by atoms with Crippen LogP contribution in [0.5, 0.6) is 0 Å². The fourth-order valence-corrected chi connectivity index (χ4v) is 3.54. The highest BCUT2D eigenvalue weighted by molar-refractivity contribution is 7.89. The summed E-state index contributed by atoms with van der Waals surface area (Å²) in [6, 6.07) is 5.13. The van der Waals surface area contributed by atoms with Gasteiger partial charge < -0.3 is 5.73 Å². The van der Waals surface area contributed by atoms with Crippen LogP contribution in [0.2, 0.25) is 0 Å². The Kier molecular flexibility index (Phi) is 4.46. The molecule has 0 fully saturated rings. The van der Waals surface area contributed by atoms with Gasteiger partial charge in [0, 0.05) is 31.9 Å². The molecule has 1 aromatic carbocycles. The van der Waals surface area contributed by atoms with Gasteiger partial charge >= 0.3 is 0 Å². The first kappa shape index (κ1) is 15.7. The van der Waals surface area contributed by atoms with E-state index in [0.29, 0.717) is 12.1 Å². The normalized spacial score (nSPS) is 11.8. The molecule has 0 spiro atoms. The van der Waals surface area contributed by atoms with Crippen LogP contribution in [0.3, 0.4) is 0 Å². The smallest absolute Gasteiger partial charge is 0.241 e. The number of aromatic nitrogens is 2. The molecule has 0 amide bonds. The average molecular weight is 308 g/mol. The van der Waals surface area contributed by atoms with Gasteiger partial charge in [0.15, 0.2) is 0 Å². The van der Waals surface area contributed by atoms with Gasteiger partial charge in [-0.05, 0) is 31.0 Å². The Morgan fingerprint density at radius 1 is 1.29 bits per heavy atom. The molecule has 0 atom stereocenters. The molecule has 1 aromatic heterocycles. The van der Waals surface area contributed by atoms with E-state index in [0.717, 1.165) is 16.8 Å². The van der Waals surface area contributed by atoms with Crippen molar-refractivity contribution in [3.63, 3.8) is 0 Å². The Bertz CT molecular complexity index is 750. The number of aryl methyl sites for hydroxylation is 2. The van der Waals surface area contributed by atoms with E-state index in [9.17, 15) is 8.42 Å². The second kappa shape index (κ2) is 5.97. The summed E-state index contributed by atoms with van der Waals surface area (Å²) in [5.41, 5.74) is 8.81. The summed E-state index contributed by atoms with van der Waals surface area (Å²) >= 11 is 0. The van der Waals surface area contributed by atoms with Crippen molar-refractivity contribution in [2.75, 3.05) is 0 Å². The summed E-state index contributed by atoms with van der Waals surface area (Å²) in [6.45, 7) is 4.15. The lowest BCUT2D eigenvalue weighted by Gasteiger charge is -2.11. The molecule has 21 heavy (non-hydrogen) atoms. The first-order chi connectivity index (χ1) is 9.85. The maximum absolute atomic E-state index is 12.4. The molecule has 2 aromatic rings. The van der Waals surface area contributed by atoms with E-state index in [4.69, 9.17) is 5.73 Å². The summed E-state index contributed by atoms with van der Waals surface area (Å²) in [5.74, 6) is 0. The van der Waals surface area contributed by atoms with Crippen molar-refractivity contribution < 1.29 is 8.42 Å². The SMILES string of the molecule is Cc1nn(C)cc1CNS(=O)(=O)c1cccc(CN)c1C. The van der Waals surface area contributed by atoms with Crippen LogP contribution in [0.4, 0.5) is 0 Å². The average Bonchev–Trinajstić information content (AvgIpc) is 2.75. The van der Waals surface area contributed by atoms with Gasteiger partial charge in [-0.1, -0.05) is 12.1 Å². The van der Waals surface area contributed by atoms with Crippen LogP contribution in [0.1, 0.15) is 22.4 Å². The molecule has 0 aliphatic carbocycles. The van der Waals surface area contributed by atoms with Crippen LogP contribution in [0, 0.1) is 13.8 Å². The van der Waals surface area contributed by atoms with Crippen LogP contribution in [-0.4, -0.2) is 18.2 Å². The predicted molar refractivity (Wildman–Crippen MR) is 81.0 cm³/mol. The zero-order valence-electron chi connectivity index (χ0n) is 12.4. The third kappa shape index (κ3) is 3.31. The Hall–Kier alpha value is -1.70. The molecule has 0 saturated heterocycles. The summed E-state index contributed by atoms with van der Waals surface area (Å²) in [5, 5.41) is 4.19. The van der Waals surface area contributed by atoms with E-state index in [1.165, 1.54) is 0 Å². The zero-order valence-corrected chi connectivity index (χ0v) is 13.2. The third-order valence-electron chi connectivity index (χ3n) is 3.47. The van der Waals surface area contributed by atoms with Gasteiger partial charge in [0.25, 0.3) is 0 Å². The lowest BCUT2D eigenvalue weighted by Crippen LogP contribution is -2.24. The fourth-order valence-electron chi connectivity index (χ4n) is 2.24. The number of rotatable bonds is 5. The summed E-state index contributed by atoms with van der Waals surface area (Å²) in [6.07, 6.45) is 1.81. The van der Waals surface area contributed by atoms with E-state index in [1.807, 2.05) is 13.0 Å². The van der Waals surface area contributed by atoms with Crippen molar-refractivity contribution in [3.05, 3.63) is 46.8 Å². The van der Waals surface area contributed by atoms with Gasteiger partial charge in [-0.2, -0.15) is 5.10 Å². The van der Waals surface area contributed by atoms with Gasteiger partial charge in [-0.15, -0.1) is 0 Å². The molecular weight excluding hydrogens is 288 g/mol. The third-order valence-corrected chi connectivity index (χ3v) is 5.02. The largest absolute Gasteiger partial charge is 0.326 e. The van der Waals surface area contributed by atoms with E-state index in [2.05, 4.69) is 9.82 Å². The molecule has 2 rings (SSSR count). The van der Waals surface area contributed by atoms with Crippen molar-refractivity contribution in [3.8, 4) is 0 Å². The Labute approximate surface area is 125 Å². The molecule has 0 saturated carbocycles. The van der Waals surface area contributed by atoms with Crippen molar-refractivity contribution in [2.24, 2.45) is 12.8 Å². The maximum atomic E-state index is 12.4. The van der Waals surface area contributed by atoms with Crippen molar-refractivity contribution in [1.82, 2.24) is 14.5 Å². The highest BCUT2D eigenvalue weighted by Gasteiger charge is 2.18. The minimum Gasteiger partial charge on any atom is -0.326 e. The van der Waals surface area contributed by atoms with E-state index < -0.39 is 10.0 Å². The number of nitrogens with zero attached hydrogens (tertiary/aromatic N) is 2. The van der Waals surface area contributed by atoms with Crippen LogP contribution in [-0.2, 0) is 30.2 Å². The fraction of sp³-hybridized carbons (Fsp3) is 0.357. The monoisotopic (exact) mass is 308 g/mol. The number of sulfonamides is 1. The number of benzene rings is 1. The van der Waals surface area contributed by atoms with Crippen molar-refractivity contribution in [1.29, 1.82) is 0 Å². The molecule has 3 N–H and O–H groups in total. The number of hydrogen-bond acceptors (Lipinski definition) is 4. The van der Waals surface area contributed by atoms with Crippen LogP contribution < -0.4 is 10.5 Å². The molecule has 114 valence electrons. The van der Waals surface area contributed by atoms with Gasteiger partial charge in [0.1, 0.15) is 0 Å². The predicted octanol–water partition coefficient (Wildman–Crippen LogP) is 0.974. The summed E-state index contributed by atoms with van der Waals surface area (Å²) in [4.78, 5) is 0.270. The number of hydrogen-bond donors (Lipinski definition) is 2. The maximum Gasteiger partial charge on any atom is 0.241 e. The van der Waals surface area contributed by atoms with Gasteiger partial charge in [0.05, 0.1) is 10.6 Å². The second-order valence-corrected chi connectivity index (χ2v) is 6.72. The molecule has 6 nitrogen and oxygen atoms in total. The lowest BCUT2D eigenvalue weighted by atomic mass is 10.1. The lowest BCUT2D eigenvalue weighted by molar-refractivity contribution is 0.580. The van der Waals surface area contributed by atoms with Crippen molar-refractivity contribution >= 4 is 10.0 Å². The van der Waals surface area contributed by atoms with Crippen LogP contribution in [0.15, 0.2) is 29.3 Å². The number of nitrogens with one attached hydrogen (secondary N) is 1. The van der Waals surface area contributed by atoms with E-state index >= 15 is 0 Å². The highest BCUT2D eigenvalue weighted by atomic mass is 32.2. The molecule has 0 radical (unpaired) electrons. The standard InChI is InChI=1S/C14H20N4O2S/c1-10-12(7-15)5-4-6-14(10)21(19,20)16-8-13-9-18(3)17-11(13)2/h4-6,9,16H,7-8,15H2,1-3H3. The van der Waals surface area contributed by atoms with Gasteiger partial charge in [-0.25, -0.2) is 13.1 Å². The quantitative estimate of drug-likeness (QED) is 0.861. The van der Waals surface area contributed by atoms with Gasteiger partial charge in [-0.3, -0.25) is 4.68 Å². The Morgan fingerprint density at radius 3 is 2.57 bits per heavy atom. The minimum atomic E-state index is -3.57. The zero-order chi connectivity index (χ0) is 15.6. The van der Waals surface area contributed by atoms with Crippen molar-refractivity contribution in [2.45, 2.75) is 31.8 Å². The Balaban J connectivity index is 2.25. The molecule has 0 aliphatic rings. The molecule has 1 heterocycles.